The van der Waals surface area contributed by atoms with Gasteiger partial charge in [-0.1, -0.05) is 19.1 Å². The predicted octanol–water partition coefficient (Wildman–Crippen LogP) is 1.63. The number of hydrogen-bond acceptors (Lipinski definition) is 6. The van der Waals surface area contributed by atoms with Crippen LogP contribution in [0.1, 0.15) is 27.2 Å². The van der Waals surface area contributed by atoms with Gasteiger partial charge in [0.2, 0.25) is 0 Å². The Hall–Kier alpha value is -2.77. The maximum absolute atomic E-state index is 11.6. The van der Waals surface area contributed by atoms with Crippen LogP contribution in [0, 0.1) is 0 Å². The summed E-state index contributed by atoms with van der Waals surface area (Å²) in [6, 6.07) is 6.19. The number of amides is 3. The normalized spacial score (nSPS) is 10.1. The molecule has 0 saturated carbocycles. The highest BCUT2D eigenvalue weighted by atomic mass is 16.6. The van der Waals surface area contributed by atoms with Crippen molar-refractivity contribution in [1.82, 2.24) is 10.6 Å². The van der Waals surface area contributed by atoms with Gasteiger partial charge in [0.15, 0.2) is 24.7 Å². The molecule has 0 saturated heterocycles. The first kappa shape index (κ1) is 20.3. The number of imide groups is 1. The van der Waals surface area contributed by atoms with Gasteiger partial charge in [-0.3, -0.25) is 10.1 Å². The molecular formula is C17H24N2O6. The number of esters is 1. The second-order valence-corrected chi connectivity index (χ2v) is 5.42. The van der Waals surface area contributed by atoms with Crippen LogP contribution in [0.3, 0.4) is 0 Å². The van der Waals surface area contributed by atoms with E-state index in [0.717, 1.165) is 6.42 Å². The summed E-state index contributed by atoms with van der Waals surface area (Å²) in [6.45, 7) is 5.07. The van der Waals surface area contributed by atoms with Gasteiger partial charge in [0.05, 0.1) is 6.61 Å². The van der Waals surface area contributed by atoms with E-state index in [-0.39, 0.29) is 12.6 Å². The minimum Gasteiger partial charge on any atom is -0.490 e. The monoisotopic (exact) mass is 352 g/mol. The SMILES string of the molecule is CCCOc1ccccc1OCC(=O)OCC(=O)NC(=O)NC(C)C. The van der Waals surface area contributed by atoms with E-state index in [2.05, 4.69) is 5.32 Å². The Kier molecular flexibility index (Phi) is 8.84. The molecule has 1 aromatic rings. The number of carbonyl (C=O) groups excluding carboxylic acids is 3. The zero-order chi connectivity index (χ0) is 18.7. The fraction of sp³-hybridized carbons (Fsp3) is 0.471. The van der Waals surface area contributed by atoms with E-state index in [1.165, 1.54) is 0 Å². The van der Waals surface area contributed by atoms with Gasteiger partial charge in [-0.15, -0.1) is 0 Å². The molecular weight excluding hydrogens is 328 g/mol. The number of ether oxygens (including phenoxy) is 3. The molecule has 0 unspecified atom stereocenters. The lowest BCUT2D eigenvalue weighted by molar-refractivity contribution is -0.150. The van der Waals surface area contributed by atoms with Gasteiger partial charge in [0.25, 0.3) is 5.91 Å². The molecule has 2 N–H and O–H groups in total. The molecule has 0 aliphatic heterocycles. The van der Waals surface area contributed by atoms with Crippen LogP contribution in [0.5, 0.6) is 11.5 Å². The number of para-hydroxylation sites is 2. The van der Waals surface area contributed by atoms with Gasteiger partial charge < -0.3 is 19.5 Å². The molecule has 0 aliphatic carbocycles. The van der Waals surface area contributed by atoms with E-state index < -0.39 is 24.5 Å². The first-order valence-electron chi connectivity index (χ1n) is 8.03. The van der Waals surface area contributed by atoms with Gasteiger partial charge in [-0.2, -0.15) is 0 Å². The molecule has 1 rings (SSSR count). The molecule has 0 atom stereocenters. The van der Waals surface area contributed by atoms with Crippen LogP contribution in [0.4, 0.5) is 4.79 Å². The van der Waals surface area contributed by atoms with E-state index in [0.29, 0.717) is 18.1 Å². The fourth-order valence-electron chi connectivity index (χ4n) is 1.69. The number of urea groups is 1. The van der Waals surface area contributed by atoms with E-state index in [1.807, 2.05) is 12.2 Å². The average molecular weight is 352 g/mol. The topological polar surface area (TPSA) is 103 Å². The zero-order valence-electron chi connectivity index (χ0n) is 14.7. The van der Waals surface area contributed by atoms with Crippen molar-refractivity contribution in [2.75, 3.05) is 19.8 Å². The molecule has 0 radical (unpaired) electrons. The zero-order valence-corrected chi connectivity index (χ0v) is 14.7. The van der Waals surface area contributed by atoms with Gasteiger partial charge in [-0.25, -0.2) is 9.59 Å². The predicted molar refractivity (Wildman–Crippen MR) is 90.5 cm³/mol. The van der Waals surface area contributed by atoms with Gasteiger partial charge >= 0.3 is 12.0 Å². The maximum atomic E-state index is 11.6. The molecule has 25 heavy (non-hydrogen) atoms. The largest absolute Gasteiger partial charge is 0.490 e. The molecule has 0 heterocycles. The van der Waals surface area contributed by atoms with Crippen LogP contribution < -0.4 is 20.1 Å². The molecule has 3 amide bonds. The minimum absolute atomic E-state index is 0.112. The number of rotatable bonds is 9. The van der Waals surface area contributed by atoms with Gasteiger partial charge in [0.1, 0.15) is 0 Å². The Morgan fingerprint density at radius 3 is 2.28 bits per heavy atom. The highest BCUT2D eigenvalue weighted by Crippen LogP contribution is 2.26. The summed E-state index contributed by atoms with van der Waals surface area (Å²) in [5.74, 6) is -0.517. The van der Waals surface area contributed by atoms with Crippen LogP contribution in [0.2, 0.25) is 0 Å². The van der Waals surface area contributed by atoms with E-state index in [1.54, 1.807) is 38.1 Å². The summed E-state index contributed by atoms with van der Waals surface area (Å²) in [4.78, 5) is 34.4. The van der Waals surface area contributed by atoms with E-state index >= 15 is 0 Å². The summed E-state index contributed by atoms with van der Waals surface area (Å²) < 4.78 is 15.6. The molecule has 0 aromatic heterocycles. The Balaban J connectivity index is 2.36. The van der Waals surface area contributed by atoms with Crippen molar-refractivity contribution in [2.24, 2.45) is 0 Å². The van der Waals surface area contributed by atoms with Crippen molar-refractivity contribution in [3.8, 4) is 11.5 Å². The highest BCUT2D eigenvalue weighted by Gasteiger charge is 2.13. The van der Waals surface area contributed by atoms with Crippen molar-refractivity contribution in [3.05, 3.63) is 24.3 Å². The van der Waals surface area contributed by atoms with Crippen molar-refractivity contribution in [3.63, 3.8) is 0 Å². The Morgan fingerprint density at radius 2 is 1.68 bits per heavy atom. The first-order chi connectivity index (χ1) is 11.9. The Labute approximate surface area is 146 Å². The van der Waals surface area contributed by atoms with Crippen molar-refractivity contribution < 1.29 is 28.6 Å². The average Bonchev–Trinajstić information content (AvgIpc) is 2.56. The third-order valence-corrected chi connectivity index (χ3v) is 2.69. The molecule has 138 valence electrons. The smallest absolute Gasteiger partial charge is 0.344 e. The van der Waals surface area contributed by atoms with Crippen LogP contribution in [-0.4, -0.2) is 43.8 Å². The van der Waals surface area contributed by atoms with E-state index in [4.69, 9.17) is 14.2 Å². The minimum atomic E-state index is -0.732. The highest BCUT2D eigenvalue weighted by molar-refractivity contribution is 5.95. The third-order valence-electron chi connectivity index (χ3n) is 2.69. The lowest BCUT2D eigenvalue weighted by Gasteiger charge is -2.12. The van der Waals surface area contributed by atoms with Gasteiger partial charge in [0, 0.05) is 6.04 Å². The molecule has 1 aromatic carbocycles. The van der Waals surface area contributed by atoms with Crippen molar-refractivity contribution in [2.45, 2.75) is 33.2 Å². The lowest BCUT2D eigenvalue weighted by atomic mass is 10.3. The Bertz CT molecular complexity index is 588. The molecule has 0 spiro atoms. The second-order valence-electron chi connectivity index (χ2n) is 5.42. The summed E-state index contributed by atoms with van der Waals surface area (Å²) in [5.41, 5.74) is 0. The third kappa shape index (κ3) is 8.59. The number of benzene rings is 1. The Morgan fingerprint density at radius 1 is 1.04 bits per heavy atom. The van der Waals surface area contributed by atoms with Crippen molar-refractivity contribution >= 4 is 17.9 Å². The van der Waals surface area contributed by atoms with Gasteiger partial charge in [-0.05, 0) is 32.4 Å². The molecule has 0 aliphatic rings. The molecule has 8 nitrogen and oxygen atoms in total. The molecule has 0 fully saturated rings. The first-order valence-corrected chi connectivity index (χ1v) is 8.03. The van der Waals surface area contributed by atoms with Crippen LogP contribution in [0.15, 0.2) is 24.3 Å². The molecule has 0 bridgehead atoms. The second kappa shape index (κ2) is 10.9. The summed E-state index contributed by atoms with van der Waals surface area (Å²) >= 11 is 0. The summed E-state index contributed by atoms with van der Waals surface area (Å²) in [6.07, 6.45) is 0.843. The van der Waals surface area contributed by atoms with E-state index in [9.17, 15) is 14.4 Å². The maximum Gasteiger partial charge on any atom is 0.344 e. The van der Waals surface area contributed by atoms with Crippen LogP contribution in [0.25, 0.3) is 0 Å². The molecule has 8 heteroatoms. The summed E-state index contributed by atoms with van der Waals surface area (Å²) in [7, 11) is 0. The number of nitrogens with one attached hydrogen (secondary N) is 2. The van der Waals surface area contributed by atoms with Crippen molar-refractivity contribution in [1.29, 1.82) is 0 Å². The lowest BCUT2D eigenvalue weighted by Crippen LogP contribution is -2.44. The van der Waals surface area contributed by atoms with Crippen LogP contribution in [-0.2, 0) is 14.3 Å². The van der Waals surface area contributed by atoms with Crippen LogP contribution >= 0.6 is 0 Å². The summed E-state index contributed by atoms with van der Waals surface area (Å²) in [5, 5.41) is 4.53. The standard InChI is InChI=1S/C17H24N2O6/c1-4-9-23-13-7-5-6-8-14(13)24-11-16(21)25-10-15(20)19-17(22)18-12(2)3/h5-8,12H,4,9-11H2,1-3H3,(H2,18,19,20,22). The number of hydrogen-bond donors (Lipinski definition) is 2. The quantitative estimate of drug-likeness (QED) is 0.655. The fourth-order valence-corrected chi connectivity index (χ4v) is 1.69. The number of carbonyl (C=O) groups is 3.